The van der Waals surface area contributed by atoms with Crippen molar-refractivity contribution in [2.45, 2.75) is 43.6 Å². The third-order valence-corrected chi connectivity index (χ3v) is 5.32. The van der Waals surface area contributed by atoms with Crippen molar-refractivity contribution >= 4 is 31.1 Å². The lowest BCUT2D eigenvalue weighted by Gasteiger charge is -2.28. The molecule has 114 valence electrons. The van der Waals surface area contributed by atoms with E-state index in [9.17, 15) is 10.1 Å². The largest absolute Gasteiger partial charge is 0.392 e. The molecule has 0 fully saturated rings. The fourth-order valence-corrected chi connectivity index (χ4v) is 4.36. The molecule has 1 aromatic rings. The molecule has 7 heteroatoms. The topological polar surface area (TPSA) is 64.7 Å². The van der Waals surface area contributed by atoms with Crippen molar-refractivity contribution in [1.82, 2.24) is 0 Å². The summed E-state index contributed by atoms with van der Waals surface area (Å²) < 4.78 is 0. The Morgan fingerprint density at radius 3 is 2.76 bits per heavy atom. The lowest BCUT2D eigenvalue weighted by Crippen LogP contribution is -2.34. The Kier molecular flexibility index (Phi) is 4.68. The van der Waals surface area contributed by atoms with E-state index in [0.717, 1.165) is 6.04 Å². The van der Waals surface area contributed by atoms with Gasteiger partial charge < -0.3 is 4.84 Å². The number of halogens is 1. The van der Waals surface area contributed by atoms with Crippen LogP contribution in [0, 0.1) is 10.1 Å². The van der Waals surface area contributed by atoms with Crippen molar-refractivity contribution in [1.29, 1.82) is 0 Å². The first-order chi connectivity index (χ1) is 9.76. The number of benzene rings is 1. The predicted octanol–water partition coefficient (Wildman–Crippen LogP) is 4.03. The first kappa shape index (κ1) is 16.0. The quantitative estimate of drug-likeness (QED) is 0.363. The van der Waals surface area contributed by atoms with Crippen molar-refractivity contribution in [3.8, 4) is 0 Å². The highest BCUT2D eigenvalue weighted by molar-refractivity contribution is 6.76. The van der Waals surface area contributed by atoms with Gasteiger partial charge in [-0.2, -0.15) is 0 Å². The Bertz CT molecular complexity index is 572. The fourth-order valence-electron chi connectivity index (χ4n) is 2.39. The van der Waals surface area contributed by atoms with E-state index >= 15 is 0 Å². The fraction of sp³-hybridized carbons (Fsp3) is 0.500. The van der Waals surface area contributed by atoms with Crippen molar-refractivity contribution in [3.63, 3.8) is 0 Å². The minimum atomic E-state index is -1.24. The summed E-state index contributed by atoms with van der Waals surface area (Å²) in [5, 5.41) is 14.7. The summed E-state index contributed by atoms with van der Waals surface area (Å²) in [4.78, 5) is 16.0. The number of non-ortho nitro benzene ring substituents is 1. The second kappa shape index (κ2) is 6.15. The van der Waals surface area contributed by atoms with E-state index in [1.54, 1.807) is 12.1 Å². The SMILES string of the molecule is C[Si](C)(C)C[C@@H]1C[C@H](Cl)C(c2cccc([N+](=O)[O-])c2)=NO1. The Hall–Kier alpha value is -1.40. The van der Waals surface area contributed by atoms with Crippen LogP contribution in [0.2, 0.25) is 25.7 Å². The Morgan fingerprint density at radius 2 is 2.19 bits per heavy atom. The number of rotatable bonds is 4. The standard InChI is InChI=1S/C14H19ClN2O3Si/c1-21(2,3)9-12-8-13(15)14(16-20-12)10-5-4-6-11(7-10)17(18)19/h4-7,12-13H,8-9H2,1-3H3/t12-,13-/m0/s1. The molecule has 0 aromatic heterocycles. The molecule has 0 unspecified atom stereocenters. The van der Waals surface area contributed by atoms with Gasteiger partial charge in [-0.3, -0.25) is 10.1 Å². The third-order valence-electron chi connectivity index (χ3n) is 3.26. The summed E-state index contributed by atoms with van der Waals surface area (Å²) in [6.07, 6.45) is 0.731. The molecule has 0 amide bonds. The zero-order valence-corrected chi connectivity index (χ0v) is 14.1. The lowest BCUT2D eigenvalue weighted by molar-refractivity contribution is -0.384. The summed E-state index contributed by atoms with van der Waals surface area (Å²) in [5.41, 5.74) is 1.26. The van der Waals surface area contributed by atoms with Crippen molar-refractivity contribution < 1.29 is 9.76 Å². The molecule has 0 saturated heterocycles. The van der Waals surface area contributed by atoms with Crippen molar-refractivity contribution in [2.75, 3.05) is 0 Å². The minimum Gasteiger partial charge on any atom is -0.392 e. The molecule has 2 rings (SSSR count). The zero-order valence-electron chi connectivity index (χ0n) is 12.4. The first-order valence-corrected chi connectivity index (χ1v) is 11.0. The summed E-state index contributed by atoms with van der Waals surface area (Å²) >= 11 is 6.41. The molecule has 1 aliphatic heterocycles. The number of nitro benzene ring substituents is 1. The monoisotopic (exact) mass is 326 g/mol. The molecule has 0 bridgehead atoms. The maximum Gasteiger partial charge on any atom is 0.270 e. The average molecular weight is 327 g/mol. The van der Waals surface area contributed by atoms with E-state index in [0.29, 0.717) is 17.7 Å². The zero-order chi connectivity index (χ0) is 15.6. The molecule has 0 radical (unpaired) electrons. The first-order valence-electron chi connectivity index (χ1n) is 6.89. The van der Waals surface area contributed by atoms with E-state index in [1.807, 2.05) is 0 Å². The van der Waals surface area contributed by atoms with Crippen LogP contribution in [-0.4, -0.2) is 30.2 Å². The average Bonchev–Trinajstić information content (AvgIpc) is 2.37. The Morgan fingerprint density at radius 1 is 1.48 bits per heavy atom. The Balaban J connectivity index is 2.18. The predicted molar refractivity (Wildman–Crippen MR) is 86.9 cm³/mol. The molecular formula is C14H19ClN2O3Si. The van der Waals surface area contributed by atoms with Crippen LogP contribution < -0.4 is 0 Å². The highest BCUT2D eigenvalue weighted by Crippen LogP contribution is 2.27. The van der Waals surface area contributed by atoms with Gasteiger partial charge in [0.05, 0.1) is 10.3 Å². The van der Waals surface area contributed by atoms with Gasteiger partial charge in [-0.05, 0) is 6.04 Å². The minimum absolute atomic E-state index is 0.0308. The summed E-state index contributed by atoms with van der Waals surface area (Å²) in [6, 6.07) is 7.33. The van der Waals surface area contributed by atoms with Crippen LogP contribution in [-0.2, 0) is 4.84 Å². The van der Waals surface area contributed by atoms with Crippen LogP contribution in [0.3, 0.4) is 0 Å². The highest BCUT2D eigenvalue weighted by Gasteiger charge is 2.31. The smallest absolute Gasteiger partial charge is 0.270 e. The van der Waals surface area contributed by atoms with Gasteiger partial charge in [0, 0.05) is 32.2 Å². The van der Waals surface area contributed by atoms with Crippen LogP contribution in [0.25, 0.3) is 0 Å². The Labute approximate surface area is 130 Å². The lowest BCUT2D eigenvalue weighted by atomic mass is 10.0. The molecule has 1 aromatic carbocycles. The van der Waals surface area contributed by atoms with Gasteiger partial charge in [0.2, 0.25) is 0 Å². The van der Waals surface area contributed by atoms with Gasteiger partial charge in [0.15, 0.2) is 0 Å². The normalized spacial score (nSPS) is 22.4. The van der Waals surface area contributed by atoms with E-state index in [2.05, 4.69) is 24.8 Å². The van der Waals surface area contributed by atoms with Gasteiger partial charge in [-0.15, -0.1) is 11.6 Å². The molecule has 0 N–H and O–H groups in total. The van der Waals surface area contributed by atoms with E-state index in [-0.39, 0.29) is 17.2 Å². The van der Waals surface area contributed by atoms with E-state index < -0.39 is 13.0 Å². The maximum absolute atomic E-state index is 10.8. The van der Waals surface area contributed by atoms with Crippen LogP contribution in [0.4, 0.5) is 5.69 Å². The van der Waals surface area contributed by atoms with E-state index in [4.69, 9.17) is 16.4 Å². The van der Waals surface area contributed by atoms with Gasteiger partial charge in [-0.25, -0.2) is 0 Å². The molecule has 5 nitrogen and oxygen atoms in total. The summed E-state index contributed by atoms with van der Waals surface area (Å²) in [6.45, 7) is 6.83. The van der Waals surface area contributed by atoms with Crippen LogP contribution >= 0.6 is 11.6 Å². The third kappa shape index (κ3) is 4.28. The van der Waals surface area contributed by atoms with Crippen LogP contribution in [0.5, 0.6) is 0 Å². The summed E-state index contributed by atoms with van der Waals surface area (Å²) in [5.74, 6) is 0. The maximum atomic E-state index is 10.8. The number of hydrogen-bond acceptors (Lipinski definition) is 4. The molecule has 1 aliphatic rings. The molecule has 0 spiro atoms. The number of oxime groups is 1. The number of alkyl halides is 1. The molecule has 2 atom stereocenters. The second-order valence-electron chi connectivity index (χ2n) is 6.48. The molecular weight excluding hydrogens is 308 g/mol. The van der Waals surface area contributed by atoms with Crippen molar-refractivity contribution in [3.05, 3.63) is 39.9 Å². The van der Waals surface area contributed by atoms with E-state index in [1.165, 1.54) is 12.1 Å². The van der Waals surface area contributed by atoms with Gasteiger partial charge in [0.25, 0.3) is 5.69 Å². The molecule has 0 saturated carbocycles. The molecule has 21 heavy (non-hydrogen) atoms. The molecule has 1 heterocycles. The van der Waals surface area contributed by atoms with Gasteiger partial charge in [-0.1, -0.05) is 36.9 Å². The van der Waals surface area contributed by atoms with Crippen LogP contribution in [0.1, 0.15) is 12.0 Å². The number of hydrogen-bond donors (Lipinski definition) is 0. The van der Waals surface area contributed by atoms with Crippen LogP contribution in [0.15, 0.2) is 29.4 Å². The van der Waals surface area contributed by atoms with Gasteiger partial charge in [0.1, 0.15) is 11.8 Å². The second-order valence-corrected chi connectivity index (χ2v) is 12.5. The number of nitrogens with zero attached hydrogens (tertiary/aromatic N) is 2. The highest BCUT2D eigenvalue weighted by atomic mass is 35.5. The van der Waals surface area contributed by atoms with Crippen molar-refractivity contribution in [2.24, 2.45) is 5.16 Å². The van der Waals surface area contributed by atoms with Gasteiger partial charge >= 0.3 is 0 Å². The molecule has 0 aliphatic carbocycles. The number of nitro groups is 1. The summed E-state index contributed by atoms with van der Waals surface area (Å²) in [7, 11) is -1.24.